The molecular weight excluding hydrogens is 296 g/mol. The molecule has 1 fully saturated rings. The van der Waals surface area contributed by atoms with Gasteiger partial charge in [-0.3, -0.25) is 9.69 Å². The Morgan fingerprint density at radius 1 is 1.39 bits per heavy atom. The van der Waals surface area contributed by atoms with E-state index < -0.39 is 17.7 Å². The molecule has 7 nitrogen and oxygen atoms in total. The van der Waals surface area contributed by atoms with Crippen LogP contribution in [0.3, 0.4) is 0 Å². The molecule has 2 unspecified atom stereocenters. The number of amides is 2. The van der Waals surface area contributed by atoms with Crippen molar-refractivity contribution in [3.05, 3.63) is 18.2 Å². The Hall–Kier alpha value is -2.05. The van der Waals surface area contributed by atoms with Crippen LogP contribution in [0.25, 0.3) is 0 Å². The van der Waals surface area contributed by atoms with Gasteiger partial charge in [0.05, 0.1) is 6.04 Å². The molecule has 0 radical (unpaired) electrons. The minimum atomic E-state index is -0.556. The second-order valence-electron chi connectivity index (χ2n) is 7.32. The van der Waals surface area contributed by atoms with E-state index in [-0.39, 0.29) is 11.9 Å². The van der Waals surface area contributed by atoms with Gasteiger partial charge in [-0.2, -0.15) is 0 Å². The van der Waals surface area contributed by atoms with Gasteiger partial charge in [-0.1, -0.05) is 0 Å². The van der Waals surface area contributed by atoms with Crippen molar-refractivity contribution >= 4 is 12.0 Å². The lowest BCUT2D eigenvalue weighted by atomic mass is 10.0. The van der Waals surface area contributed by atoms with Gasteiger partial charge >= 0.3 is 6.09 Å². The van der Waals surface area contributed by atoms with Crippen LogP contribution in [0, 0.1) is 0 Å². The molecular formula is C16H24N4O3. The third kappa shape index (κ3) is 3.04. The summed E-state index contributed by atoms with van der Waals surface area (Å²) in [6.45, 7) is 8.12. The third-order valence-corrected chi connectivity index (χ3v) is 4.33. The molecule has 2 aliphatic heterocycles. The number of carbonyl (C=O) groups is 2. The van der Waals surface area contributed by atoms with Crippen molar-refractivity contribution in [3.8, 4) is 0 Å². The lowest BCUT2D eigenvalue weighted by Gasteiger charge is -2.40. The quantitative estimate of drug-likeness (QED) is 0.904. The van der Waals surface area contributed by atoms with Gasteiger partial charge < -0.3 is 14.6 Å². The van der Waals surface area contributed by atoms with E-state index in [0.717, 1.165) is 12.2 Å². The largest absolute Gasteiger partial charge is 0.444 e. The number of ether oxygens (including phenoxy) is 1. The summed E-state index contributed by atoms with van der Waals surface area (Å²) in [6.07, 6.45) is 4.75. The van der Waals surface area contributed by atoms with Crippen LogP contribution in [0.5, 0.6) is 0 Å². The molecule has 2 amide bonds. The molecule has 0 aliphatic carbocycles. The van der Waals surface area contributed by atoms with E-state index in [1.807, 2.05) is 27.0 Å². The Morgan fingerprint density at radius 2 is 2.13 bits per heavy atom. The van der Waals surface area contributed by atoms with E-state index in [4.69, 9.17) is 4.74 Å². The first-order chi connectivity index (χ1) is 10.8. The second kappa shape index (κ2) is 5.54. The van der Waals surface area contributed by atoms with E-state index in [9.17, 15) is 9.59 Å². The van der Waals surface area contributed by atoms with Crippen LogP contribution in [0.15, 0.2) is 12.4 Å². The Kier molecular flexibility index (Phi) is 3.82. The van der Waals surface area contributed by atoms with Crippen molar-refractivity contribution in [2.45, 2.75) is 64.3 Å². The summed E-state index contributed by atoms with van der Waals surface area (Å²) >= 11 is 0. The summed E-state index contributed by atoms with van der Waals surface area (Å²) in [5.41, 5.74) is -0.556. The molecule has 3 rings (SSSR count). The fourth-order valence-corrected chi connectivity index (χ4v) is 3.12. The van der Waals surface area contributed by atoms with Crippen molar-refractivity contribution in [1.82, 2.24) is 19.8 Å². The minimum absolute atomic E-state index is 0.0893. The number of imidazole rings is 1. The number of rotatable bonds is 2. The second-order valence-corrected chi connectivity index (χ2v) is 7.32. The van der Waals surface area contributed by atoms with Crippen LogP contribution in [-0.2, 0) is 9.53 Å². The molecule has 0 spiro atoms. The Labute approximate surface area is 136 Å². The highest BCUT2D eigenvalue weighted by atomic mass is 16.6. The van der Waals surface area contributed by atoms with Crippen LogP contribution in [0.4, 0.5) is 4.79 Å². The summed E-state index contributed by atoms with van der Waals surface area (Å²) in [4.78, 5) is 30.4. The molecule has 2 aliphatic rings. The maximum Gasteiger partial charge on any atom is 0.410 e. The third-order valence-electron chi connectivity index (χ3n) is 4.33. The first kappa shape index (κ1) is 15.8. The summed E-state index contributed by atoms with van der Waals surface area (Å²) in [5, 5.41) is 3.03. The van der Waals surface area contributed by atoms with Crippen LogP contribution >= 0.6 is 0 Å². The van der Waals surface area contributed by atoms with E-state index in [1.54, 1.807) is 6.20 Å². The topological polar surface area (TPSA) is 76.5 Å². The standard InChI is InChI=1S/C16H24N4O3/c1-10-9-11(13-17-6-8-19(10)13)18-14(21)12-5-7-20(12)15(22)23-16(2,3)4/h6,8,10-12H,5,7,9H2,1-4H3,(H,18,21)/t10?,11?,12-/m1/s1. The van der Waals surface area contributed by atoms with Gasteiger partial charge in [-0.25, -0.2) is 9.78 Å². The van der Waals surface area contributed by atoms with Crippen LogP contribution in [0.1, 0.15) is 58.4 Å². The fraction of sp³-hybridized carbons (Fsp3) is 0.688. The molecule has 23 heavy (non-hydrogen) atoms. The monoisotopic (exact) mass is 320 g/mol. The summed E-state index contributed by atoms with van der Waals surface area (Å²) in [5.74, 6) is 0.754. The number of hydrogen-bond donors (Lipinski definition) is 1. The van der Waals surface area contributed by atoms with Crippen molar-refractivity contribution in [1.29, 1.82) is 0 Å². The van der Waals surface area contributed by atoms with Gasteiger partial charge in [0, 0.05) is 25.0 Å². The van der Waals surface area contributed by atoms with Crippen LogP contribution in [0.2, 0.25) is 0 Å². The van der Waals surface area contributed by atoms with E-state index in [2.05, 4.69) is 21.8 Å². The molecule has 0 saturated carbocycles. The highest BCUT2D eigenvalue weighted by Gasteiger charge is 2.41. The Morgan fingerprint density at radius 3 is 2.74 bits per heavy atom. The minimum Gasteiger partial charge on any atom is -0.444 e. The average molecular weight is 320 g/mol. The highest BCUT2D eigenvalue weighted by molar-refractivity contribution is 5.87. The highest BCUT2D eigenvalue weighted by Crippen LogP contribution is 2.33. The molecule has 0 bridgehead atoms. The van der Waals surface area contributed by atoms with Crippen LogP contribution < -0.4 is 5.32 Å². The number of hydrogen-bond acceptors (Lipinski definition) is 4. The molecule has 0 aromatic carbocycles. The molecule has 3 heterocycles. The molecule has 7 heteroatoms. The molecule has 1 aromatic heterocycles. The number of nitrogens with one attached hydrogen (secondary N) is 1. The SMILES string of the molecule is CC1CC(NC(=O)[C@H]2CCN2C(=O)OC(C)(C)C)c2nccn21. The van der Waals surface area contributed by atoms with Crippen molar-refractivity contribution < 1.29 is 14.3 Å². The normalized spacial score (nSPS) is 26.4. The Balaban J connectivity index is 1.60. The lowest BCUT2D eigenvalue weighted by molar-refractivity contribution is -0.131. The molecule has 1 aromatic rings. The predicted octanol–water partition coefficient (Wildman–Crippen LogP) is 2.01. The number of carbonyl (C=O) groups excluding carboxylic acids is 2. The van der Waals surface area contributed by atoms with Gasteiger partial charge in [0.25, 0.3) is 0 Å². The first-order valence-electron chi connectivity index (χ1n) is 8.09. The predicted molar refractivity (Wildman–Crippen MR) is 83.8 cm³/mol. The van der Waals surface area contributed by atoms with Gasteiger partial charge in [0.1, 0.15) is 17.5 Å². The molecule has 3 atom stereocenters. The first-order valence-corrected chi connectivity index (χ1v) is 8.09. The lowest BCUT2D eigenvalue weighted by Crippen LogP contribution is -2.59. The van der Waals surface area contributed by atoms with Gasteiger partial charge in [-0.15, -0.1) is 0 Å². The molecule has 1 saturated heterocycles. The van der Waals surface area contributed by atoms with E-state index in [0.29, 0.717) is 19.0 Å². The smallest absolute Gasteiger partial charge is 0.410 e. The number of nitrogens with zero attached hydrogens (tertiary/aromatic N) is 3. The van der Waals surface area contributed by atoms with E-state index in [1.165, 1.54) is 4.90 Å². The zero-order chi connectivity index (χ0) is 16.8. The Bertz CT molecular complexity index is 619. The summed E-state index contributed by atoms with van der Waals surface area (Å²) in [6, 6.07) is -0.209. The zero-order valence-electron chi connectivity index (χ0n) is 14.1. The maximum absolute atomic E-state index is 12.5. The van der Waals surface area contributed by atoms with Gasteiger partial charge in [0.2, 0.25) is 5.91 Å². The number of fused-ring (bicyclic) bond motifs is 1. The summed E-state index contributed by atoms with van der Waals surface area (Å²) < 4.78 is 7.42. The van der Waals surface area contributed by atoms with Crippen molar-refractivity contribution in [2.75, 3.05) is 6.54 Å². The van der Waals surface area contributed by atoms with Gasteiger partial charge in [0.15, 0.2) is 0 Å². The number of aromatic nitrogens is 2. The maximum atomic E-state index is 12.5. The molecule has 126 valence electrons. The van der Waals surface area contributed by atoms with Crippen molar-refractivity contribution in [2.24, 2.45) is 0 Å². The van der Waals surface area contributed by atoms with Crippen molar-refractivity contribution in [3.63, 3.8) is 0 Å². The van der Waals surface area contributed by atoms with E-state index >= 15 is 0 Å². The fourth-order valence-electron chi connectivity index (χ4n) is 3.12. The molecule has 1 N–H and O–H groups in total. The van der Waals surface area contributed by atoms with Gasteiger partial charge in [-0.05, 0) is 40.5 Å². The zero-order valence-corrected chi connectivity index (χ0v) is 14.1. The van der Waals surface area contributed by atoms with Crippen LogP contribution in [-0.4, -0.2) is 44.6 Å². The summed E-state index contributed by atoms with van der Waals surface area (Å²) in [7, 11) is 0. The number of likely N-dealkylation sites (tertiary alicyclic amines) is 1. The average Bonchev–Trinajstić information content (AvgIpc) is 2.91.